The summed E-state index contributed by atoms with van der Waals surface area (Å²) >= 11 is 5.99. The van der Waals surface area contributed by atoms with E-state index in [1.54, 1.807) is 36.4 Å². The van der Waals surface area contributed by atoms with Gasteiger partial charge in [0.15, 0.2) is 0 Å². The molecule has 0 heterocycles. The number of benzene rings is 2. The van der Waals surface area contributed by atoms with Gasteiger partial charge in [-0.1, -0.05) is 29.8 Å². The molecule has 0 bridgehead atoms. The van der Waals surface area contributed by atoms with Gasteiger partial charge in [-0.05, 0) is 35.9 Å². The van der Waals surface area contributed by atoms with Crippen molar-refractivity contribution < 1.29 is 4.79 Å². The minimum atomic E-state index is -0.289. The maximum Gasteiger partial charge on any atom is 0.248 e. The molecule has 0 unspecified atom stereocenters. The van der Waals surface area contributed by atoms with Gasteiger partial charge in [0.1, 0.15) is 0 Å². The van der Waals surface area contributed by atoms with Crippen molar-refractivity contribution in [2.24, 2.45) is 0 Å². The van der Waals surface area contributed by atoms with Crippen LogP contribution < -0.4 is 10.2 Å². The molecule has 0 saturated heterocycles. The minimum Gasteiger partial charge on any atom is -0.376 e. The van der Waals surface area contributed by atoms with Crippen LogP contribution in [0.4, 0.5) is 11.4 Å². The summed E-state index contributed by atoms with van der Waals surface area (Å²) in [5.74, 6) is -0.289. The van der Waals surface area contributed by atoms with Gasteiger partial charge in [-0.25, -0.2) is 0 Å². The average Bonchev–Trinajstić information content (AvgIpc) is 2.53. The van der Waals surface area contributed by atoms with Crippen LogP contribution in [0.5, 0.6) is 0 Å². The molecule has 0 radical (unpaired) electrons. The summed E-state index contributed by atoms with van der Waals surface area (Å²) in [7, 11) is 3.77. The number of hydrogen-bond donors (Lipinski definition) is 1. The summed E-state index contributed by atoms with van der Waals surface area (Å²) < 4.78 is 0. The van der Waals surface area contributed by atoms with Crippen molar-refractivity contribution in [2.45, 2.75) is 0 Å². The van der Waals surface area contributed by atoms with Crippen molar-refractivity contribution in [3.8, 4) is 6.07 Å². The molecule has 0 fully saturated rings. The molecule has 2 aromatic rings. The van der Waals surface area contributed by atoms with Gasteiger partial charge in [0.05, 0.1) is 23.0 Å². The fraction of sp³-hybridized carbons (Fsp3) is 0.111. The number of hydrogen-bond acceptors (Lipinski definition) is 3. The van der Waals surface area contributed by atoms with Crippen molar-refractivity contribution in [1.82, 2.24) is 0 Å². The Bertz CT molecular complexity index is 791. The van der Waals surface area contributed by atoms with Crippen LogP contribution >= 0.6 is 11.6 Å². The smallest absolute Gasteiger partial charge is 0.248 e. The van der Waals surface area contributed by atoms with Crippen molar-refractivity contribution in [3.05, 3.63) is 64.7 Å². The normalized spacial score (nSPS) is 10.3. The first-order valence-electron chi connectivity index (χ1n) is 6.96. The van der Waals surface area contributed by atoms with Gasteiger partial charge in [-0.3, -0.25) is 4.79 Å². The molecule has 1 N–H and O–H groups in total. The van der Waals surface area contributed by atoms with E-state index < -0.39 is 0 Å². The van der Waals surface area contributed by atoms with Crippen molar-refractivity contribution in [2.75, 3.05) is 24.3 Å². The van der Waals surface area contributed by atoms with E-state index in [9.17, 15) is 4.79 Å². The number of rotatable bonds is 4. The lowest BCUT2D eigenvalue weighted by Gasteiger charge is -2.17. The molecule has 0 aliphatic rings. The van der Waals surface area contributed by atoms with Gasteiger partial charge in [0.2, 0.25) is 5.91 Å². The molecule has 23 heavy (non-hydrogen) atoms. The highest BCUT2D eigenvalue weighted by atomic mass is 35.5. The van der Waals surface area contributed by atoms with Crippen LogP contribution in [0, 0.1) is 11.3 Å². The Hall–Kier alpha value is -2.77. The van der Waals surface area contributed by atoms with E-state index in [1.807, 2.05) is 31.1 Å². The van der Waals surface area contributed by atoms with Gasteiger partial charge in [-0.15, -0.1) is 0 Å². The minimum absolute atomic E-state index is 0.289. The summed E-state index contributed by atoms with van der Waals surface area (Å²) in [4.78, 5) is 14.0. The Kier molecular flexibility index (Phi) is 5.40. The number of halogens is 1. The monoisotopic (exact) mass is 325 g/mol. The zero-order valence-electron chi connectivity index (χ0n) is 12.9. The van der Waals surface area contributed by atoms with E-state index in [-0.39, 0.29) is 5.91 Å². The van der Waals surface area contributed by atoms with E-state index in [4.69, 9.17) is 16.9 Å². The summed E-state index contributed by atoms with van der Waals surface area (Å²) in [6.45, 7) is 0. The van der Waals surface area contributed by atoms with E-state index in [2.05, 4.69) is 11.4 Å². The number of anilines is 2. The molecule has 4 nitrogen and oxygen atoms in total. The lowest BCUT2D eigenvalue weighted by atomic mass is 10.1. The second-order valence-electron chi connectivity index (χ2n) is 5.08. The lowest BCUT2D eigenvalue weighted by molar-refractivity contribution is -0.111. The van der Waals surface area contributed by atoms with Gasteiger partial charge < -0.3 is 10.2 Å². The first-order valence-corrected chi connectivity index (χ1v) is 7.34. The first-order chi connectivity index (χ1) is 11.0. The van der Waals surface area contributed by atoms with Crippen LogP contribution in [0.15, 0.2) is 48.5 Å². The van der Waals surface area contributed by atoms with Gasteiger partial charge >= 0.3 is 0 Å². The van der Waals surface area contributed by atoms with Crippen LogP contribution in [-0.2, 0) is 4.79 Å². The van der Waals surface area contributed by atoms with Crippen LogP contribution in [0.25, 0.3) is 6.08 Å². The number of amides is 1. The Morgan fingerprint density at radius 2 is 2.00 bits per heavy atom. The first kappa shape index (κ1) is 16.6. The van der Waals surface area contributed by atoms with Gasteiger partial charge in [-0.2, -0.15) is 5.26 Å². The molecule has 0 aliphatic carbocycles. The molecule has 5 heteroatoms. The Labute approximate surface area is 140 Å². The molecule has 0 atom stereocenters. The summed E-state index contributed by atoms with van der Waals surface area (Å²) in [6, 6.07) is 14.5. The number of nitrogens with one attached hydrogen (secondary N) is 1. The molecular weight excluding hydrogens is 310 g/mol. The molecule has 0 aromatic heterocycles. The SMILES string of the molecule is CN(C)c1ccc(Cl)cc1NC(=O)/C=C/c1ccccc1C#N. The molecular formula is C18H16ClN3O. The number of carbonyl (C=O) groups excluding carboxylic acids is 1. The second kappa shape index (κ2) is 7.48. The third-order valence-corrected chi connectivity index (χ3v) is 3.43. The molecule has 1 amide bonds. The Morgan fingerprint density at radius 1 is 1.26 bits per heavy atom. The molecule has 116 valence electrons. The lowest BCUT2D eigenvalue weighted by Crippen LogP contribution is -2.15. The molecule has 0 spiro atoms. The standard InChI is InChI=1S/C18H16ClN3O/c1-22(2)17-9-8-15(19)11-16(17)21-18(23)10-7-13-5-3-4-6-14(13)12-20/h3-11H,1-2H3,(H,21,23)/b10-7+. The van der Waals surface area contributed by atoms with E-state index in [0.717, 1.165) is 5.69 Å². The highest BCUT2D eigenvalue weighted by Gasteiger charge is 2.08. The van der Waals surface area contributed by atoms with Gasteiger partial charge in [0.25, 0.3) is 0 Å². The topological polar surface area (TPSA) is 56.1 Å². The van der Waals surface area contributed by atoms with Crippen LogP contribution in [0.2, 0.25) is 5.02 Å². The highest BCUT2D eigenvalue weighted by Crippen LogP contribution is 2.27. The van der Waals surface area contributed by atoms with Crippen molar-refractivity contribution in [1.29, 1.82) is 5.26 Å². The Morgan fingerprint density at radius 3 is 2.70 bits per heavy atom. The van der Waals surface area contributed by atoms with Crippen molar-refractivity contribution in [3.63, 3.8) is 0 Å². The Balaban J connectivity index is 2.19. The maximum atomic E-state index is 12.1. The molecule has 0 saturated carbocycles. The third kappa shape index (κ3) is 4.35. The quantitative estimate of drug-likeness (QED) is 0.866. The summed E-state index contributed by atoms with van der Waals surface area (Å²) in [5.41, 5.74) is 2.71. The second-order valence-corrected chi connectivity index (χ2v) is 5.51. The van der Waals surface area contributed by atoms with Crippen molar-refractivity contribution >= 4 is 35.0 Å². The van der Waals surface area contributed by atoms with Crippen LogP contribution in [0.1, 0.15) is 11.1 Å². The fourth-order valence-electron chi connectivity index (χ4n) is 2.08. The molecule has 2 aromatic carbocycles. The number of nitrogens with zero attached hydrogens (tertiary/aromatic N) is 2. The molecule has 2 rings (SSSR count). The van der Waals surface area contributed by atoms with Gasteiger partial charge in [0, 0.05) is 25.2 Å². The molecule has 0 aliphatic heterocycles. The largest absolute Gasteiger partial charge is 0.376 e. The summed E-state index contributed by atoms with van der Waals surface area (Å²) in [5, 5.41) is 12.4. The predicted octanol–water partition coefficient (Wildman–Crippen LogP) is 3.93. The summed E-state index contributed by atoms with van der Waals surface area (Å²) in [6.07, 6.45) is 3.02. The third-order valence-electron chi connectivity index (χ3n) is 3.19. The van der Waals surface area contributed by atoms with Crippen LogP contribution in [-0.4, -0.2) is 20.0 Å². The predicted molar refractivity (Wildman–Crippen MR) is 94.6 cm³/mol. The van der Waals surface area contributed by atoms with E-state index in [0.29, 0.717) is 21.8 Å². The maximum absolute atomic E-state index is 12.1. The van der Waals surface area contributed by atoms with Crippen LogP contribution in [0.3, 0.4) is 0 Å². The zero-order valence-corrected chi connectivity index (χ0v) is 13.6. The van der Waals surface area contributed by atoms with E-state index >= 15 is 0 Å². The number of carbonyl (C=O) groups is 1. The fourth-order valence-corrected chi connectivity index (χ4v) is 2.25. The zero-order chi connectivity index (χ0) is 16.8. The van der Waals surface area contributed by atoms with E-state index in [1.165, 1.54) is 6.08 Å². The number of nitriles is 1. The average molecular weight is 326 g/mol. The highest BCUT2D eigenvalue weighted by molar-refractivity contribution is 6.31.